The highest BCUT2D eigenvalue weighted by Crippen LogP contribution is 2.67. The lowest BCUT2D eigenvalue weighted by Crippen LogP contribution is -2.28. The van der Waals surface area contributed by atoms with E-state index >= 15 is 0 Å². The minimum absolute atomic E-state index is 0.386. The second-order valence-electron chi connectivity index (χ2n) is 39.0. The molecule has 6 aliphatic rings. The lowest BCUT2D eigenvalue weighted by atomic mass is 9.67. The zero-order chi connectivity index (χ0) is 94.8. The van der Waals surface area contributed by atoms with Crippen LogP contribution in [0, 0.1) is 0 Å². The van der Waals surface area contributed by atoms with E-state index in [1.165, 1.54) is 178 Å². The molecule has 30 rings (SSSR count). The third-order valence-electron chi connectivity index (χ3n) is 32.0. The smallest absolute Gasteiger partial charge is 0.0973 e. The number of nitrogens with zero attached hydrogens (tertiary/aromatic N) is 4. The first-order valence-electron chi connectivity index (χ1n) is 49.9. The number of hydrogen-bond donors (Lipinski definition) is 0. The third-order valence-corrected chi connectivity index (χ3v) is 32.0. The second kappa shape index (κ2) is 32.6. The molecule has 0 unspecified atom stereocenters. The molecule has 6 aliphatic carbocycles. The highest BCUT2D eigenvalue weighted by molar-refractivity contribution is 6.01. The Balaban J connectivity index is 0.000000137. The first kappa shape index (κ1) is 82.6. The molecule has 22 aromatic carbocycles. The second-order valence-corrected chi connectivity index (χ2v) is 39.0. The zero-order valence-corrected chi connectivity index (χ0v) is 78.6. The third kappa shape index (κ3) is 12.1. The lowest BCUT2D eigenvalue weighted by Gasteiger charge is -2.34. The first-order chi connectivity index (χ1) is 71.4. The molecule has 2 heterocycles. The minimum Gasteiger partial charge on any atom is -0.244 e. The fourth-order valence-electron chi connectivity index (χ4n) is 25.9. The van der Waals surface area contributed by atoms with E-state index in [9.17, 15) is 0 Å². The van der Waals surface area contributed by atoms with Gasteiger partial charge in [0, 0.05) is 22.3 Å². The van der Waals surface area contributed by atoms with E-state index < -0.39 is 10.8 Å². The van der Waals surface area contributed by atoms with Crippen LogP contribution in [0.4, 0.5) is 0 Å². The van der Waals surface area contributed by atoms with Gasteiger partial charge in [-0.05, 0) is 249 Å². The Bertz CT molecular complexity index is 8230. The molecule has 144 heavy (non-hydrogen) atoms. The van der Waals surface area contributed by atoms with Crippen molar-refractivity contribution in [3.05, 3.63) is 623 Å². The van der Waals surface area contributed by atoms with Gasteiger partial charge in [-0.15, -0.1) is 0 Å². The molecule has 0 atom stereocenters. The fraction of sp³-hybridized carbons (Fsp3) is 0.0286. The molecule has 0 radical (unpaired) electrons. The maximum atomic E-state index is 5.34. The Morgan fingerprint density at radius 2 is 0.250 bits per heavy atom. The standard InChI is InChI=1S/C70H42N2.C70H46N2/c1-7-21-57-49(15-1)50-16-2-8-22-58(50)69(57)61-25-11-5-19-53(61)55-39-37-47(41-63(55)69)43-29-33-45(34-30-43)67-68(72-66-28-14-13-27-65(66)71-67)46-35-31-44(32-36-46)48-38-40-56-54-20-6-12-26-62(54)70(64(56)42-48)59-23-9-3-17-51(59)52-18-4-10-24-60(52)70;1-5-19-53(20-6-1)69(54-21-7-2-8-22-54)61-29-15-13-27-57(61)59-43-41-51(45-63(59)69)47-33-37-49(38-34-47)67-68(72-66-32-18-17-31-65(66)71-67)50-39-35-48(36-40-50)52-42-44-60-58-28-14-16-30-62(58)70(64(60)46-52,55-23-9-3-10-24-55)56-25-11-4-12-26-56/h1-42H;1-46H. The summed E-state index contributed by atoms with van der Waals surface area (Å²) in [6, 6.07) is 196. The van der Waals surface area contributed by atoms with Crippen molar-refractivity contribution in [3.8, 4) is 156 Å². The average Bonchev–Trinajstić information content (AvgIpc) is 1.51. The van der Waals surface area contributed by atoms with Gasteiger partial charge in [0.15, 0.2) is 0 Å². The van der Waals surface area contributed by atoms with Gasteiger partial charge < -0.3 is 0 Å². The molecule has 668 valence electrons. The molecule has 4 heteroatoms. The first-order valence-corrected chi connectivity index (χ1v) is 49.9. The van der Waals surface area contributed by atoms with E-state index in [4.69, 9.17) is 19.9 Å². The van der Waals surface area contributed by atoms with Crippen molar-refractivity contribution in [3.63, 3.8) is 0 Å². The summed E-state index contributed by atoms with van der Waals surface area (Å²) in [6.07, 6.45) is 0. The van der Waals surface area contributed by atoms with Crippen LogP contribution >= 0.6 is 0 Å². The Hall–Kier alpha value is -18.5. The van der Waals surface area contributed by atoms with Crippen LogP contribution in [0.3, 0.4) is 0 Å². The Morgan fingerprint density at radius 1 is 0.104 bits per heavy atom. The summed E-state index contributed by atoms with van der Waals surface area (Å²) in [4.78, 5) is 21.3. The summed E-state index contributed by atoms with van der Waals surface area (Å²) in [7, 11) is 0. The van der Waals surface area contributed by atoms with Gasteiger partial charge in [-0.1, -0.05) is 485 Å². The summed E-state index contributed by atoms with van der Waals surface area (Å²) < 4.78 is 0. The van der Waals surface area contributed by atoms with Crippen molar-refractivity contribution >= 4 is 22.1 Å². The average molecular weight is 1830 g/mol. The van der Waals surface area contributed by atoms with Gasteiger partial charge in [-0.25, -0.2) is 19.9 Å². The number of benzene rings is 22. The monoisotopic (exact) mass is 1820 g/mol. The van der Waals surface area contributed by atoms with Gasteiger partial charge in [0.2, 0.25) is 0 Å². The van der Waals surface area contributed by atoms with Gasteiger partial charge in [0.05, 0.1) is 66.5 Å². The van der Waals surface area contributed by atoms with E-state index in [1.807, 2.05) is 24.3 Å². The Labute approximate surface area is 836 Å². The lowest BCUT2D eigenvalue weighted by molar-refractivity contribution is 0.769. The number of fused-ring (bicyclic) bond motifs is 28. The van der Waals surface area contributed by atoms with Gasteiger partial charge in [0.25, 0.3) is 0 Å². The summed E-state index contributed by atoms with van der Waals surface area (Å²) in [5.41, 5.74) is 55.3. The largest absolute Gasteiger partial charge is 0.244 e. The van der Waals surface area contributed by atoms with Crippen LogP contribution in [-0.4, -0.2) is 19.9 Å². The Kier molecular flexibility index (Phi) is 18.7. The van der Waals surface area contributed by atoms with Crippen LogP contribution in [0.5, 0.6) is 0 Å². The molecule has 0 N–H and O–H groups in total. The van der Waals surface area contributed by atoms with Crippen molar-refractivity contribution in [2.75, 3.05) is 0 Å². The van der Waals surface area contributed by atoms with Crippen LogP contribution < -0.4 is 0 Å². The highest BCUT2D eigenvalue weighted by Gasteiger charge is 2.55. The summed E-state index contributed by atoms with van der Waals surface area (Å²) in [5, 5.41) is 0. The van der Waals surface area contributed by atoms with Crippen LogP contribution in [0.15, 0.2) is 534 Å². The Morgan fingerprint density at radius 3 is 0.451 bits per heavy atom. The van der Waals surface area contributed by atoms with Crippen LogP contribution in [0.25, 0.3) is 178 Å². The van der Waals surface area contributed by atoms with E-state index in [1.54, 1.807) is 0 Å². The van der Waals surface area contributed by atoms with Gasteiger partial charge in [-0.3, -0.25) is 0 Å². The van der Waals surface area contributed by atoms with Crippen LogP contribution in [0.2, 0.25) is 0 Å². The van der Waals surface area contributed by atoms with Crippen LogP contribution in [-0.2, 0) is 21.7 Å². The SMILES string of the molecule is c1ccc(C2(c3ccccc3)c3ccccc3-c3ccc(-c4ccc(-c5nc6ccccc6nc5-c5ccc(-c6ccc7c(c6)C(c6ccccc6)(c6ccccc6)c6ccccc6-7)cc5)cc4)cc32)cc1.c1ccc2c(c1)-c1ccccc1C21c2ccccc2-c2ccc(-c3ccc(-c4nc5ccccc5nc4-c4ccc(-c5ccc6c(c5)C5(c7ccccc7-c7ccccc75)c5ccccc5-6)cc4)cc3)cc21. The molecule has 0 saturated heterocycles. The van der Waals surface area contributed by atoms with Crippen molar-refractivity contribution in [2.24, 2.45) is 0 Å². The molecule has 2 aromatic heterocycles. The minimum atomic E-state index is -0.461. The van der Waals surface area contributed by atoms with Crippen molar-refractivity contribution in [1.82, 2.24) is 19.9 Å². The van der Waals surface area contributed by atoms with Gasteiger partial charge in [0.1, 0.15) is 0 Å². The molecule has 0 fully saturated rings. The normalized spacial score (nSPS) is 13.8. The summed E-state index contributed by atoms with van der Waals surface area (Å²) >= 11 is 0. The van der Waals surface area contributed by atoms with E-state index in [0.29, 0.717) is 0 Å². The number of para-hydroxylation sites is 4. The van der Waals surface area contributed by atoms with Crippen molar-refractivity contribution in [1.29, 1.82) is 0 Å². The van der Waals surface area contributed by atoms with Crippen molar-refractivity contribution in [2.45, 2.75) is 21.7 Å². The molecule has 0 aliphatic heterocycles. The van der Waals surface area contributed by atoms with E-state index in [-0.39, 0.29) is 10.8 Å². The topological polar surface area (TPSA) is 51.6 Å². The van der Waals surface area contributed by atoms with Crippen molar-refractivity contribution < 1.29 is 0 Å². The predicted molar refractivity (Wildman–Crippen MR) is 590 cm³/mol. The molecule has 0 amide bonds. The zero-order valence-electron chi connectivity index (χ0n) is 78.6. The molecule has 0 saturated carbocycles. The molecule has 24 aromatic rings. The maximum Gasteiger partial charge on any atom is 0.0973 e. The number of rotatable bonds is 12. The number of aromatic nitrogens is 4. The molecule has 2 spiro atoms. The molecule has 4 nitrogen and oxygen atoms in total. The summed E-state index contributed by atoms with van der Waals surface area (Å²) in [5.74, 6) is 0. The molecular weight excluding hydrogens is 1740 g/mol. The van der Waals surface area contributed by atoms with Gasteiger partial charge >= 0.3 is 0 Å². The summed E-state index contributed by atoms with van der Waals surface area (Å²) in [6.45, 7) is 0. The van der Waals surface area contributed by atoms with E-state index in [2.05, 4.69) is 510 Å². The predicted octanol–water partition coefficient (Wildman–Crippen LogP) is 34.0. The number of hydrogen-bond acceptors (Lipinski definition) is 4. The van der Waals surface area contributed by atoms with E-state index in [0.717, 1.165) is 89.4 Å². The quantitative estimate of drug-likeness (QED) is 0.122. The van der Waals surface area contributed by atoms with Crippen LogP contribution in [0.1, 0.15) is 89.0 Å². The highest BCUT2D eigenvalue weighted by atomic mass is 14.8. The fourth-order valence-corrected chi connectivity index (χ4v) is 25.9. The molecule has 0 bridgehead atoms. The van der Waals surface area contributed by atoms with Gasteiger partial charge in [-0.2, -0.15) is 0 Å². The maximum absolute atomic E-state index is 5.34. The molecular formula is C140H88N4.